The zero-order chi connectivity index (χ0) is 15.2. The number of phenolic OH excluding ortho intramolecular Hbond substituents is 1. The number of allylic oxidation sites excluding steroid dienone is 2. The van der Waals surface area contributed by atoms with Gasteiger partial charge in [-0.25, -0.2) is 0 Å². The Bertz CT molecular complexity index is 662. The fraction of sp³-hybridized carbons (Fsp3) is 0.158. The number of aromatic hydroxyl groups is 1. The van der Waals surface area contributed by atoms with Crippen molar-refractivity contribution in [1.82, 2.24) is 0 Å². The Balaban J connectivity index is 0.00000242. The van der Waals surface area contributed by atoms with Gasteiger partial charge in [0.15, 0.2) is 0 Å². The van der Waals surface area contributed by atoms with E-state index < -0.39 is 0 Å². The standard InChI is InChI=1S/C19H20O2.Ca/c1-4-6-14-8-10-18(20)17(12-14)15-9-11-19(21-3)16(13-15)7-5-2;/h4-5,8-13,20H,1-2,6-7H2,3H3;/q;+2. The van der Waals surface area contributed by atoms with Gasteiger partial charge in [0.25, 0.3) is 0 Å². The summed E-state index contributed by atoms with van der Waals surface area (Å²) in [5.74, 6) is 1.11. The van der Waals surface area contributed by atoms with Gasteiger partial charge < -0.3 is 9.84 Å². The SMILES string of the molecule is C=CCc1ccc(O)c(-c2ccc(OC)c(CC=C)c2)c1.[Ca+2]. The van der Waals surface area contributed by atoms with E-state index in [0.717, 1.165) is 40.8 Å². The van der Waals surface area contributed by atoms with E-state index in [1.807, 2.05) is 42.5 Å². The summed E-state index contributed by atoms with van der Waals surface area (Å²) in [6.07, 6.45) is 5.20. The molecular weight excluding hydrogens is 300 g/mol. The second kappa shape index (κ2) is 9.04. The van der Waals surface area contributed by atoms with Gasteiger partial charge in [0.2, 0.25) is 0 Å². The minimum Gasteiger partial charge on any atom is -0.507 e. The van der Waals surface area contributed by atoms with Gasteiger partial charge in [-0.2, -0.15) is 0 Å². The first-order chi connectivity index (χ1) is 10.2. The molecule has 0 aromatic heterocycles. The number of rotatable bonds is 6. The monoisotopic (exact) mass is 320 g/mol. The average Bonchev–Trinajstić information content (AvgIpc) is 2.50. The molecule has 0 bridgehead atoms. The number of methoxy groups -OCH3 is 1. The normalized spacial score (nSPS) is 9.68. The van der Waals surface area contributed by atoms with Crippen molar-refractivity contribution in [2.24, 2.45) is 0 Å². The first-order valence-corrected chi connectivity index (χ1v) is 6.90. The largest absolute Gasteiger partial charge is 2.00 e. The molecule has 0 spiro atoms. The van der Waals surface area contributed by atoms with Crippen LogP contribution in [0.2, 0.25) is 0 Å². The molecule has 0 amide bonds. The van der Waals surface area contributed by atoms with Gasteiger partial charge in [0.1, 0.15) is 11.5 Å². The first kappa shape index (κ1) is 18.8. The molecule has 2 aromatic carbocycles. The summed E-state index contributed by atoms with van der Waals surface area (Å²) in [6.45, 7) is 7.53. The van der Waals surface area contributed by atoms with Crippen LogP contribution in [0.3, 0.4) is 0 Å². The average molecular weight is 320 g/mol. The quantitative estimate of drug-likeness (QED) is 0.640. The smallest absolute Gasteiger partial charge is 0.507 e. The fourth-order valence-electron chi connectivity index (χ4n) is 2.37. The van der Waals surface area contributed by atoms with Crippen LogP contribution in [0.4, 0.5) is 0 Å². The molecule has 1 N–H and O–H groups in total. The van der Waals surface area contributed by atoms with Crippen molar-refractivity contribution in [3.05, 3.63) is 72.8 Å². The molecule has 2 rings (SSSR count). The number of phenols is 1. The Morgan fingerprint density at radius 1 is 1.05 bits per heavy atom. The molecule has 2 nitrogen and oxygen atoms in total. The molecule has 0 aliphatic rings. The van der Waals surface area contributed by atoms with E-state index in [1.54, 1.807) is 13.2 Å². The van der Waals surface area contributed by atoms with Gasteiger partial charge in [0.05, 0.1) is 7.11 Å². The molecule has 3 heteroatoms. The van der Waals surface area contributed by atoms with E-state index in [9.17, 15) is 5.11 Å². The Morgan fingerprint density at radius 3 is 2.41 bits per heavy atom. The van der Waals surface area contributed by atoms with Gasteiger partial charge >= 0.3 is 37.7 Å². The summed E-state index contributed by atoms with van der Waals surface area (Å²) in [6, 6.07) is 11.6. The molecule has 0 radical (unpaired) electrons. The number of benzene rings is 2. The second-order valence-electron chi connectivity index (χ2n) is 4.86. The summed E-state index contributed by atoms with van der Waals surface area (Å²) in [7, 11) is 1.66. The minimum absolute atomic E-state index is 0. The summed E-state index contributed by atoms with van der Waals surface area (Å²) in [5, 5.41) is 10.1. The van der Waals surface area contributed by atoms with Crippen LogP contribution in [0.15, 0.2) is 61.7 Å². The van der Waals surface area contributed by atoms with Crippen molar-refractivity contribution < 1.29 is 9.84 Å². The summed E-state index contributed by atoms with van der Waals surface area (Å²) in [4.78, 5) is 0. The summed E-state index contributed by atoms with van der Waals surface area (Å²) >= 11 is 0. The maximum absolute atomic E-state index is 10.1. The number of hydrogen-bond donors (Lipinski definition) is 1. The molecule has 0 unspecified atom stereocenters. The Hall–Kier alpha value is -1.22. The first-order valence-electron chi connectivity index (χ1n) is 6.90. The van der Waals surface area contributed by atoms with Gasteiger partial charge in [0, 0.05) is 5.56 Å². The summed E-state index contributed by atoms with van der Waals surface area (Å²) in [5.41, 5.74) is 3.97. The Labute approximate surface area is 162 Å². The minimum atomic E-state index is 0. The predicted molar refractivity (Wildman–Crippen MR) is 93.7 cm³/mol. The van der Waals surface area contributed by atoms with Crippen LogP contribution >= 0.6 is 0 Å². The van der Waals surface area contributed by atoms with Crippen molar-refractivity contribution >= 4 is 37.7 Å². The van der Waals surface area contributed by atoms with Crippen LogP contribution in [0.1, 0.15) is 11.1 Å². The maximum atomic E-state index is 10.1. The molecule has 0 heterocycles. The predicted octanol–water partition coefficient (Wildman–Crippen LogP) is 4.14. The van der Waals surface area contributed by atoms with Gasteiger partial charge in [-0.05, 0) is 53.8 Å². The van der Waals surface area contributed by atoms with Crippen LogP contribution < -0.4 is 4.74 Å². The van der Waals surface area contributed by atoms with Crippen molar-refractivity contribution in [1.29, 1.82) is 0 Å². The molecule has 108 valence electrons. The number of hydrogen-bond acceptors (Lipinski definition) is 2. The van der Waals surface area contributed by atoms with Crippen molar-refractivity contribution in [2.45, 2.75) is 12.8 Å². The molecule has 0 saturated heterocycles. The van der Waals surface area contributed by atoms with Crippen molar-refractivity contribution in [2.75, 3.05) is 7.11 Å². The van der Waals surface area contributed by atoms with Crippen molar-refractivity contribution in [3.63, 3.8) is 0 Å². The third-order valence-electron chi connectivity index (χ3n) is 3.40. The fourth-order valence-corrected chi connectivity index (χ4v) is 2.37. The maximum Gasteiger partial charge on any atom is 2.00 e. The van der Waals surface area contributed by atoms with E-state index in [2.05, 4.69) is 13.2 Å². The van der Waals surface area contributed by atoms with E-state index >= 15 is 0 Å². The van der Waals surface area contributed by atoms with Gasteiger partial charge in [-0.3, -0.25) is 0 Å². The second-order valence-corrected chi connectivity index (χ2v) is 4.86. The molecule has 2 aromatic rings. The van der Waals surface area contributed by atoms with Gasteiger partial charge in [-0.15, -0.1) is 13.2 Å². The number of ether oxygens (including phenoxy) is 1. The molecule has 0 aliphatic carbocycles. The molecule has 0 saturated carbocycles. The molecule has 0 fully saturated rings. The van der Waals surface area contributed by atoms with Crippen molar-refractivity contribution in [3.8, 4) is 22.6 Å². The van der Waals surface area contributed by atoms with Gasteiger partial charge in [-0.1, -0.05) is 24.3 Å². The third-order valence-corrected chi connectivity index (χ3v) is 3.40. The van der Waals surface area contributed by atoms with Crippen LogP contribution in [0.5, 0.6) is 11.5 Å². The van der Waals surface area contributed by atoms with E-state index in [4.69, 9.17) is 4.74 Å². The Morgan fingerprint density at radius 2 is 1.77 bits per heavy atom. The molecule has 0 aliphatic heterocycles. The van der Waals surface area contributed by atoms with Crippen LogP contribution in [-0.4, -0.2) is 50.0 Å². The molecular formula is C19H20CaO2+2. The Kier molecular flexibility index (Phi) is 7.74. The van der Waals surface area contributed by atoms with Crippen LogP contribution in [0, 0.1) is 0 Å². The molecule has 0 atom stereocenters. The van der Waals surface area contributed by atoms with Crippen LogP contribution in [-0.2, 0) is 12.8 Å². The van der Waals surface area contributed by atoms with E-state index in [0.29, 0.717) is 0 Å². The molecule has 22 heavy (non-hydrogen) atoms. The van der Waals surface area contributed by atoms with E-state index in [1.165, 1.54) is 0 Å². The summed E-state index contributed by atoms with van der Waals surface area (Å²) < 4.78 is 5.36. The zero-order valence-corrected chi connectivity index (χ0v) is 15.2. The topological polar surface area (TPSA) is 29.5 Å². The third kappa shape index (κ3) is 4.39. The van der Waals surface area contributed by atoms with E-state index in [-0.39, 0.29) is 43.5 Å². The van der Waals surface area contributed by atoms with Crippen LogP contribution in [0.25, 0.3) is 11.1 Å². The zero-order valence-electron chi connectivity index (χ0n) is 13.0.